The average molecular weight is 291 g/mol. The Kier molecular flexibility index (Phi) is 4.38. The van der Waals surface area contributed by atoms with Gasteiger partial charge in [-0.05, 0) is 59.3 Å². The van der Waals surface area contributed by atoms with Crippen molar-refractivity contribution in [2.45, 2.75) is 56.8 Å². The van der Waals surface area contributed by atoms with E-state index in [1.54, 1.807) is 0 Å². The third-order valence-corrected chi connectivity index (χ3v) is 5.21. The molecule has 0 radical (unpaired) electrons. The summed E-state index contributed by atoms with van der Waals surface area (Å²) in [4.78, 5) is 4.82. The Morgan fingerprint density at radius 2 is 2.05 bits per heavy atom. The van der Waals surface area contributed by atoms with Crippen LogP contribution in [-0.4, -0.2) is 49.1 Å². The standard InChI is InChI=1S/C17H29N3O/c1-19(2)17(8-4-9-17)13-20(3)12-16-14(7-10-21-16)11-18-15-5-6-15/h7,10,15,18H,4-6,8-9,11-13H2,1-3H3. The van der Waals surface area contributed by atoms with Gasteiger partial charge in [-0.1, -0.05) is 0 Å². The largest absolute Gasteiger partial charge is 0.468 e. The van der Waals surface area contributed by atoms with Crippen LogP contribution in [0.25, 0.3) is 0 Å². The van der Waals surface area contributed by atoms with Crippen molar-refractivity contribution in [3.8, 4) is 0 Å². The van der Waals surface area contributed by atoms with Gasteiger partial charge in [0.15, 0.2) is 0 Å². The van der Waals surface area contributed by atoms with E-state index in [1.165, 1.54) is 37.7 Å². The lowest BCUT2D eigenvalue weighted by Crippen LogP contribution is -2.56. The summed E-state index contributed by atoms with van der Waals surface area (Å²) in [5.41, 5.74) is 1.70. The lowest BCUT2D eigenvalue weighted by molar-refractivity contribution is 0.0243. The molecule has 118 valence electrons. The quantitative estimate of drug-likeness (QED) is 0.797. The molecule has 0 spiro atoms. The normalized spacial score (nSPS) is 21.0. The van der Waals surface area contributed by atoms with Crippen molar-refractivity contribution in [3.63, 3.8) is 0 Å². The predicted molar refractivity (Wildman–Crippen MR) is 85.2 cm³/mol. The number of hydrogen-bond acceptors (Lipinski definition) is 4. The van der Waals surface area contributed by atoms with Crippen LogP contribution in [0.15, 0.2) is 16.7 Å². The molecule has 1 aromatic rings. The lowest BCUT2D eigenvalue weighted by atomic mass is 9.75. The maximum absolute atomic E-state index is 5.72. The van der Waals surface area contributed by atoms with Crippen LogP contribution < -0.4 is 5.32 Å². The molecular formula is C17H29N3O. The number of rotatable bonds is 8. The average Bonchev–Trinajstić information content (AvgIpc) is 3.12. The molecule has 2 aliphatic rings. The van der Waals surface area contributed by atoms with E-state index in [1.807, 2.05) is 6.26 Å². The summed E-state index contributed by atoms with van der Waals surface area (Å²) in [6.07, 6.45) is 8.50. The summed E-state index contributed by atoms with van der Waals surface area (Å²) in [5.74, 6) is 1.12. The molecule has 0 aliphatic heterocycles. The fourth-order valence-electron chi connectivity index (χ4n) is 3.34. The Labute approximate surface area is 128 Å². The van der Waals surface area contributed by atoms with Gasteiger partial charge in [-0.2, -0.15) is 0 Å². The van der Waals surface area contributed by atoms with E-state index in [4.69, 9.17) is 4.42 Å². The van der Waals surface area contributed by atoms with Gasteiger partial charge >= 0.3 is 0 Å². The first-order chi connectivity index (χ1) is 10.1. The van der Waals surface area contributed by atoms with Crippen molar-refractivity contribution < 1.29 is 4.42 Å². The Bertz CT molecular complexity index is 460. The van der Waals surface area contributed by atoms with Gasteiger partial charge in [0.2, 0.25) is 0 Å². The van der Waals surface area contributed by atoms with Crippen molar-refractivity contribution in [1.82, 2.24) is 15.1 Å². The second-order valence-corrected chi connectivity index (χ2v) is 7.17. The van der Waals surface area contributed by atoms with Crippen molar-refractivity contribution >= 4 is 0 Å². The van der Waals surface area contributed by atoms with Gasteiger partial charge in [0.25, 0.3) is 0 Å². The van der Waals surface area contributed by atoms with Gasteiger partial charge < -0.3 is 14.6 Å². The lowest BCUT2D eigenvalue weighted by Gasteiger charge is -2.49. The molecule has 1 N–H and O–H groups in total. The first kappa shape index (κ1) is 15.1. The fourth-order valence-corrected chi connectivity index (χ4v) is 3.34. The van der Waals surface area contributed by atoms with Gasteiger partial charge in [0.1, 0.15) is 5.76 Å². The van der Waals surface area contributed by atoms with E-state index < -0.39 is 0 Å². The van der Waals surface area contributed by atoms with Crippen LogP contribution in [0, 0.1) is 0 Å². The Morgan fingerprint density at radius 1 is 1.29 bits per heavy atom. The van der Waals surface area contributed by atoms with Crippen molar-refractivity contribution in [3.05, 3.63) is 23.7 Å². The SMILES string of the molecule is CN(Cc1occc1CNC1CC1)CC1(N(C)C)CCC1. The zero-order chi connectivity index (χ0) is 14.9. The molecule has 4 nitrogen and oxygen atoms in total. The van der Waals surface area contributed by atoms with Crippen molar-refractivity contribution in [2.75, 3.05) is 27.7 Å². The minimum Gasteiger partial charge on any atom is -0.468 e. The van der Waals surface area contributed by atoms with Crippen LogP contribution in [-0.2, 0) is 13.1 Å². The summed E-state index contributed by atoms with van der Waals surface area (Å²) < 4.78 is 5.72. The molecule has 3 rings (SSSR count). The highest BCUT2D eigenvalue weighted by atomic mass is 16.3. The van der Waals surface area contributed by atoms with Crippen molar-refractivity contribution in [2.24, 2.45) is 0 Å². The number of hydrogen-bond donors (Lipinski definition) is 1. The first-order valence-electron chi connectivity index (χ1n) is 8.24. The summed E-state index contributed by atoms with van der Waals surface area (Å²) >= 11 is 0. The maximum Gasteiger partial charge on any atom is 0.122 e. The van der Waals surface area contributed by atoms with Gasteiger partial charge in [0.05, 0.1) is 12.8 Å². The van der Waals surface area contributed by atoms with E-state index in [-0.39, 0.29) is 0 Å². The first-order valence-corrected chi connectivity index (χ1v) is 8.24. The molecule has 0 bridgehead atoms. The molecule has 2 saturated carbocycles. The van der Waals surface area contributed by atoms with Crippen LogP contribution in [0.5, 0.6) is 0 Å². The predicted octanol–water partition coefficient (Wildman–Crippen LogP) is 2.45. The molecule has 4 heteroatoms. The fraction of sp³-hybridized carbons (Fsp3) is 0.765. The molecule has 0 saturated heterocycles. The summed E-state index contributed by atoms with van der Waals surface area (Å²) in [6.45, 7) is 2.98. The molecule has 21 heavy (non-hydrogen) atoms. The second kappa shape index (κ2) is 6.11. The molecule has 1 heterocycles. The van der Waals surface area contributed by atoms with E-state index in [0.717, 1.165) is 31.4 Å². The molecule has 0 aromatic carbocycles. The smallest absolute Gasteiger partial charge is 0.122 e. The third kappa shape index (κ3) is 3.50. The van der Waals surface area contributed by atoms with Crippen LogP contribution in [0.3, 0.4) is 0 Å². The third-order valence-electron chi connectivity index (χ3n) is 5.21. The minimum absolute atomic E-state index is 0.383. The van der Waals surface area contributed by atoms with Crippen molar-refractivity contribution in [1.29, 1.82) is 0 Å². The zero-order valence-electron chi connectivity index (χ0n) is 13.7. The van der Waals surface area contributed by atoms with Crippen LogP contribution >= 0.6 is 0 Å². The van der Waals surface area contributed by atoms with E-state index in [0.29, 0.717) is 5.54 Å². The van der Waals surface area contributed by atoms with Gasteiger partial charge in [-0.25, -0.2) is 0 Å². The van der Waals surface area contributed by atoms with Crippen LogP contribution in [0.2, 0.25) is 0 Å². The Morgan fingerprint density at radius 3 is 2.62 bits per heavy atom. The zero-order valence-corrected chi connectivity index (χ0v) is 13.7. The number of furan rings is 1. The summed E-state index contributed by atoms with van der Waals surface area (Å²) in [5, 5.41) is 3.57. The summed E-state index contributed by atoms with van der Waals surface area (Å²) in [6, 6.07) is 2.86. The summed E-state index contributed by atoms with van der Waals surface area (Å²) in [7, 11) is 6.64. The van der Waals surface area contributed by atoms with Crippen LogP contribution in [0.1, 0.15) is 43.4 Å². The molecule has 1 aromatic heterocycles. The molecule has 2 aliphatic carbocycles. The minimum atomic E-state index is 0.383. The van der Waals surface area contributed by atoms with E-state index in [2.05, 4.69) is 42.3 Å². The number of nitrogens with one attached hydrogen (secondary N) is 1. The molecule has 0 unspecified atom stereocenters. The molecule has 0 atom stereocenters. The molecular weight excluding hydrogens is 262 g/mol. The number of likely N-dealkylation sites (N-methyl/N-ethyl adjacent to an activating group) is 2. The maximum atomic E-state index is 5.72. The Balaban J connectivity index is 1.54. The van der Waals surface area contributed by atoms with Crippen LogP contribution in [0.4, 0.5) is 0 Å². The Hall–Kier alpha value is -0.840. The second-order valence-electron chi connectivity index (χ2n) is 7.17. The van der Waals surface area contributed by atoms with Gasteiger partial charge in [-0.15, -0.1) is 0 Å². The highest BCUT2D eigenvalue weighted by Gasteiger charge is 2.39. The van der Waals surface area contributed by atoms with E-state index in [9.17, 15) is 0 Å². The topological polar surface area (TPSA) is 31.7 Å². The molecule has 0 amide bonds. The molecule has 2 fully saturated rings. The van der Waals surface area contributed by atoms with E-state index >= 15 is 0 Å². The monoisotopic (exact) mass is 291 g/mol. The highest BCUT2D eigenvalue weighted by Crippen LogP contribution is 2.36. The van der Waals surface area contributed by atoms with Gasteiger partial charge in [-0.3, -0.25) is 4.90 Å². The number of nitrogens with zero attached hydrogens (tertiary/aromatic N) is 2. The highest BCUT2D eigenvalue weighted by molar-refractivity contribution is 5.17. The van der Waals surface area contributed by atoms with Gasteiger partial charge in [0, 0.05) is 30.2 Å².